The van der Waals surface area contributed by atoms with Gasteiger partial charge in [-0.05, 0) is 56.1 Å². The quantitative estimate of drug-likeness (QED) is 0.354. The third-order valence-electron chi connectivity index (χ3n) is 9.04. The summed E-state index contributed by atoms with van der Waals surface area (Å²) >= 11 is 7.43. The van der Waals surface area contributed by atoms with Crippen molar-refractivity contribution in [2.24, 2.45) is 22.7 Å². The third kappa shape index (κ3) is 3.30. The van der Waals surface area contributed by atoms with Crippen LogP contribution in [0.25, 0.3) is 0 Å². The molecule has 4 aliphatic rings. The molecule has 0 aliphatic heterocycles. The Morgan fingerprint density at radius 2 is 1.97 bits per heavy atom. The summed E-state index contributed by atoms with van der Waals surface area (Å²) in [5.41, 5.74) is -1.68. The fourth-order valence-corrected chi connectivity index (χ4v) is 7.94. The number of ketones is 2. The Kier molecular flexibility index (Phi) is 6.18. The molecule has 0 aromatic carbocycles. The van der Waals surface area contributed by atoms with Gasteiger partial charge in [0.2, 0.25) is 5.78 Å². The Bertz CT molecular complexity index is 928. The van der Waals surface area contributed by atoms with E-state index in [1.165, 1.54) is 14.0 Å². The highest BCUT2D eigenvalue weighted by Crippen LogP contribution is 2.71. The van der Waals surface area contributed by atoms with E-state index < -0.39 is 33.4 Å². The van der Waals surface area contributed by atoms with Crippen LogP contribution in [0.1, 0.15) is 52.9 Å². The first kappa shape index (κ1) is 24.6. The van der Waals surface area contributed by atoms with Gasteiger partial charge in [-0.3, -0.25) is 14.4 Å². The van der Waals surface area contributed by atoms with E-state index in [1.807, 2.05) is 19.9 Å². The highest BCUT2D eigenvalue weighted by atomic mass is 35.5. The molecule has 0 amide bonds. The fraction of sp³-hybridized carbons (Fsp3) is 0.720. The molecule has 0 heterocycles. The summed E-state index contributed by atoms with van der Waals surface area (Å²) in [5, 5.41) is 11.6. The predicted octanol–water partition coefficient (Wildman–Crippen LogP) is 3.12. The Hall–Kier alpha value is -1.54. The van der Waals surface area contributed by atoms with E-state index in [0.717, 1.165) is 5.57 Å². The molecule has 7 nitrogen and oxygen atoms in total. The number of methoxy groups -OCH3 is 1. The number of aliphatic hydroxyl groups excluding tert-OH is 1. The van der Waals surface area contributed by atoms with E-state index in [2.05, 4.69) is 0 Å². The minimum Gasteiger partial charge on any atom is -0.458 e. The molecule has 1 N–H and O–H groups in total. The average Bonchev–Trinajstić information content (AvgIpc) is 3.05. The highest BCUT2D eigenvalue weighted by Gasteiger charge is 2.73. The molecule has 0 aromatic heterocycles. The average molecular weight is 481 g/mol. The number of ether oxygens (including phenoxy) is 3. The Labute approximate surface area is 199 Å². The van der Waals surface area contributed by atoms with Gasteiger partial charge in [0.25, 0.3) is 0 Å². The van der Waals surface area contributed by atoms with Gasteiger partial charge < -0.3 is 19.3 Å². The van der Waals surface area contributed by atoms with E-state index in [0.29, 0.717) is 25.7 Å². The van der Waals surface area contributed by atoms with E-state index in [-0.39, 0.29) is 43.2 Å². The van der Waals surface area contributed by atoms with E-state index in [4.69, 9.17) is 25.8 Å². The standard InChI is InChI=1S/C25H33ClO7/c1-15(27)32-13-21(30)24(33-14-31-4)10-8-18-19-6-5-16-11-17(28)7-9-22(16,2)25(19,26)20(29)12-23(18,24)3/h7,9,11,18-20,29H,5-6,8,10,12-14H2,1-4H3/t18-,19-,20?,22-,23-,24-,25-/m0/s1. The normalized spacial score (nSPS) is 43.9. The van der Waals surface area contributed by atoms with Crippen LogP contribution in [0, 0.1) is 22.7 Å². The molecule has 4 rings (SSSR count). The lowest BCUT2D eigenvalue weighted by Gasteiger charge is -2.64. The molecule has 1 unspecified atom stereocenters. The van der Waals surface area contributed by atoms with Gasteiger partial charge in [-0.15, -0.1) is 11.6 Å². The van der Waals surface area contributed by atoms with Crippen molar-refractivity contribution in [3.63, 3.8) is 0 Å². The molecule has 33 heavy (non-hydrogen) atoms. The van der Waals surface area contributed by atoms with E-state index >= 15 is 0 Å². The van der Waals surface area contributed by atoms with Crippen molar-refractivity contribution >= 4 is 29.1 Å². The van der Waals surface area contributed by atoms with Gasteiger partial charge in [0.1, 0.15) is 12.4 Å². The number of Topliss-reactive ketones (excluding diaryl/α,β-unsaturated/α-hetero) is 1. The molecule has 0 radical (unpaired) electrons. The monoisotopic (exact) mass is 480 g/mol. The van der Waals surface area contributed by atoms with Crippen LogP contribution >= 0.6 is 11.6 Å². The first-order valence-electron chi connectivity index (χ1n) is 11.6. The van der Waals surface area contributed by atoms with Crippen molar-refractivity contribution in [3.8, 4) is 0 Å². The highest BCUT2D eigenvalue weighted by molar-refractivity contribution is 6.26. The summed E-state index contributed by atoms with van der Waals surface area (Å²) in [7, 11) is 1.49. The number of alkyl halides is 1. The number of carbonyl (C=O) groups excluding carboxylic acids is 3. The van der Waals surface area contributed by atoms with Gasteiger partial charge in [-0.1, -0.05) is 25.5 Å². The van der Waals surface area contributed by atoms with Crippen LogP contribution in [0.4, 0.5) is 0 Å². The zero-order chi connectivity index (χ0) is 24.2. The molecule has 0 bridgehead atoms. The predicted molar refractivity (Wildman–Crippen MR) is 120 cm³/mol. The molecule has 3 fully saturated rings. The second kappa shape index (κ2) is 8.29. The molecular weight excluding hydrogens is 448 g/mol. The van der Waals surface area contributed by atoms with Crippen LogP contribution in [-0.2, 0) is 28.6 Å². The lowest BCUT2D eigenvalue weighted by atomic mass is 9.45. The maximum atomic E-state index is 13.5. The number of hydrogen-bond donors (Lipinski definition) is 1. The first-order valence-corrected chi connectivity index (χ1v) is 11.9. The van der Waals surface area contributed by atoms with Crippen LogP contribution in [0.5, 0.6) is 0 Å². The third-order valence-corrected chi connectivity index (χ3v) is 9.97. The van der Waals surface area contributed by atoms with Gasteiger partial charge in [0, 0.05) is 24.9 Å². The zero-order valence-electron chi connectivity index (χ0n) is 19.7. The van der Waals surface area contributed by atoms with Crippen molar-refractivity contribution in [3.05, 3.63) is 23.8 Å². The van der Waals surface area contributed by atoms with Crippen molar-refractivity contribution in [2.45, 2.75) is 69.5 Å². The Morgan fingerprint density at radius 3 is 2.64 bits per heavy atom. The van der Waals surface area contributed by atoms with Crippen molar-refractivity contribution < 1.29 is 33.7 Å². The summed E-state index contributed by atoms with van der Waals surface area (Å²) in [6.45, 7) is 4.78. The number of carbonyl (C=O) groups is 3. The summed E-state index contributed by atoms with van der Waals surface area (Å²) in [4.78, 5) is 35.9. The Balaban J connectivity index is 1.75. The number of aliphatic hydroxyl groups is 1. The van der Waals surface area contributed by atoms with Crippen LogP contribution < -0.4 is 0 Å². The number of halogens is 1. The lowest BCUT2D eigenvalue weighted by molar-refractivity contribution is -0.212. The number of rotatable bonds is 6. The minimum absolute atomic E-state index is 0.000868. The van der Waals surface area contributed by atoms with Crippen molar-refractivity contribution in [1.29, 1.82) is 0 Å². The number of allylic oxidation sites excluding steroid dienone is 4. The Morgan fingerprint density at radius 1 is 1.24 bits per heavy atom. The van der Waals surface area contributed by atoms with Crippen LogP contribution in [-0.4, -0.2) is 59.7 Å². The van der Waals surface area contributed by atoms with Gasteiger partial charge in [0.05, 0.1) is 11.0 Å². The van der Waals surface area contributed by atoms with Gasteiger partial charge in [-0.25, -0.2) is 0 Å². The van der Waals surface area contributed by atoms with Gasteiger partial charge >= 0.3 is 5.97 Å². The largest absolute Gasteiger partial charge is 0.458 e. The summed E-state index contributed by atoms with van der Waals surface area (Å²) in [6, 6.07) is 0. The smallest absolute Gasteiger partial charge is 0.303 e. The molecule has 8 heteroatoms. The summed E-state index contributed by atoms with van der Waals surface area (Å²) in [6.07, 6.45) is 6.90. The molecule has 7 atom stereocenters. The van der Waals surface area contributed by atoms with Crippen LogP contribution in [0.15, 0.2) is 23.8 Å². The molecule has 0 saturated heterocycles. The second-order valence-electron chi connectivity index (χ2n) is 10.4. The maximum Gasteiger partial charge on any atom is 0.303 e. The van der Waals surface area contributed by atoms with E-state index in [9.17, 15) is 19.5 Å². The summed E-state index contributed by atoms with van der Waals surface area (Å²) < 4.78 is 16.3. The molecule has 0 spiro atoms. The van der Waals surface area contributed by atoms with Crippen molar-refractivity contribution in [2.75, 3.05) is 20.5 Å². The second-order valence-corrected chi connectivity index (χ2v) is 11.0. The zero-order valence-corrected chi connectivity index (χ0v) is 20.4. The molecule has 4 aliphatic carbocycles. The lowest BCUT2D eigenvalue weighted by Crippen LogP contribution is -2.69. The number of esters is 1. The van der Waals surface area contributed by atoms with Crippen LogP contribution in [0.2, 0.25) is 0 Å². The van der Waals surface area contributed by atoms with Gasteiger partial charge in [-0.2, -0.15) is 0 Å². The van der Waals surface area contributed by atoms with Gasteiger partial charge in [0.15, 0.2) is 12.4 Å². The molecule has 3 saturated carbocycles. The topological polar surface area (TPSA) is 99.1 Å². The van der Waals surface area contributed by atoms with Crippen molar-refractivity contribution in [1.82, 2.24) is 0 Å². The SMILES string of the molecule is COCO[C@]1(C(=O)COC(C)=O)CC[C@H]2[C@@H]3CCC4=CC(=O)C=C[C@]4(C)[C@@]3(Cl)C(O)C[C@@]21C. The molecular formula is C25H33ClO7. The molecule has 0 aromatic rings. The molecule has 182 valence electrons. The number of fused-ring (bicyclic) bond motifs is 5. The summed E-state index contributed by atoms with van der Waals surface area (Å²) in [5.74, 6) is -1.00. The van der Waals surface area contributed by atoms with E-state index in [1.54, 1.807) is 12.2 Å². The number of hydrogen-bond acceptors (Lipinski definition) is 7. The van der Waals surface area contributed by atoms with Crippen LogP contribution in [0.3, 0.4) is 0 Å². The minimum atomic E-state index is -1.25. The fourth-order valence-electron chi connectivity index (χ4n) is 7.42. The maximum absolute atomic E-state index is 13.5. The first-order chi connectivity index (χ1) is 15.5.